The summed E-state index contributed by atoms with van der Waals surface area (Å²) in [5, 5.41) is 3.37. The third kappa shape index (κ3) is 0.895. The molecule has 3 rings (SSSR count). The van der Waals surface area contributed by atoms with Crippen molar-refractivity contribution < 1.29 is 0 Å². The van der Waals surface area contributed by atoms with Gasteiger partial charge in [0.15, 0.2) is 0 Å². The van der Waals surface area contributed by atoms with Gasteiger partial charge in [0.25, 0.3) is 0 Å². The van der Waals surface area contributed by atoms with Crippen molar-refractivity contribution >= 4 is 16.7 Å². The van der Waals surface area contributed by atoms with Crippen molar-refractivity contribution in [3.63, 3.8) is 0 Å². The Morgan fingerprint density at radius 2 is 2.29 bits per heavy atom. The van der Waals surface area contributed by atoms with E-state index in [-0.39, 0.29) is 0 Å². The van der Waals surface area contributed by atoms with Crippen molar-refractivity contribution in [2.45, 2.75) is 13.3 Å². The standard InChI is InChI=1S/C11H13N3/c1-7-13-10-6-9-8(3-4-12-9)5-11(10)14(7)2/h5-6,12H,3-4H2,1-2H3. The molecule has 0 unspecified atom stereocenters. The molecule has 1 aliphatic rings. The van der Waals surface area contributed by atoms with Gasteiger partial charge in [0, 0.05) is 19.3 Å². The van der Waals surface area contributed by atoms with E-state index in [9.17, 15) is 0 Å². The van der Waals surface area contributed by atoms with Gasteiger partial charge in [0.05, 0.1) is 11.0 Å². The summed E-state index contributed by atoms with van der Waals surface area (Å²) in [6.07, 6.45) is 1.13. The summed E-state index contributed by atoms with van der Waals surface area (Å²) in [7, 11) is 2.07. The molecule has 0 saturated heterocycles. The number of imidazole rings is 1. The highest BCUT2D eigenvalue weighted by Gasteiger charge is 2.13. The van der Waals surface area contributed by atoms with E-state index >= 15 is 0 Å². The minimum atomic E-state index is 1.06. The second-order valence-electron chi connectivity index (χ2n) is 3.89. The maximum Gasteiger partial charge on any atom is 0.106 e. The fraction of sp³-hybridized carbons (Fsp3) is 0.364. The summed E-state index contributed by atoms with van der Waals surface area (Å²) in [6, 6.07) is 4.41. The molecule has 14 heavy (non-hydrogen) atoms. The molecule has 0 atom stereocenters. The summed E-state index contributed by atoms with van der Waals surface area (Å²) in [5.41, 5.74) is 5.01. The monoisotopic (exact) mass is 187 g/mol. The normalized spacial score (nSPS) is 14.4. The van der Waals surface area contributed by atoms with Gasteiger partial charge in [-0.25, -0.2) is 4.98 Å². The van der Waals surface area contributed by atoms with E-state index in [0.29, 0.717) is 0 Å². The Morgan fingerprint density at radius 1 is 1.43 bits per heavy atom. The summed E-state index contributed by atoms with van der Waals surface area (Å²) in [6.45, 7) is 3.10. The molecule has 0 amide bonds. The molecule has 1 aliphatic heterocycles. The molecule has 0 radical (unpaired) electrons. The molecule has 0 fully saturated rings. The Hall–Kier alpha value is -1.51. The van der Waals surface area contributed by atoms with Crippen LogP contribution in [0.4, 0.5) is 5.69 Å². The van der Waals surface area contributed by atoms with Gasteiger partial charge < -0.3 is 9.88 Å². The second-order valence-corrected chi connectivity index (χ2v) is 3.89. The van der Waals surface area contributed by atoms with Crippen molar-refractivity contribution in [1.82, 2.24) is 9.55 Å². The number of benzene rings is 1. The Morgan fingerprint density at radius 3 is 3.14 bits per heavy atom. The lowest BCUT2D eigenvalue weighted by Crippen LogP contribution is -1.90. The van der Waals surface area contributed by atoms with Gasteiger partial charge >= 0.3 is 0 Å². The quantitative estimate of drug-likeness (QED) is 0.682. The van der Waals surface area contributed by atoms with Crippen LogP contribution in [0.25, 0.3) is 11.0 Å². The first-order valence-corrected chi connectivity index (χ1v) is 4.95. The van der Waals surface area contributed by atoms with Gasteiger partial charge in [-0.3, -0.25) is 0 Å². The number of rotatable bonds is 0. The van der Waals surface area contributed by atoms with Crippen LogP contribution in [0.3, 0.4) is 0 Å². The minimum Gasteiger partial charge on any atom is -0.384 e. The molecular weight excluding hydrogens is 174 g/mol. The fourth-order valence-electron chi connectivity index (χ4n) is 2.11. The van der Waals surface area contributed by atoms with Crippen molar-refractivity contribution in [3.8, 4) is 0 Å². The predicted molar refractivity (Wildman–Crippen MR) is 57.6 cm³/mol. The van der Waals surface area contributed by atoms with Gasteiger partial charge in [0.1, 0.15) is 5.82 Å². The molecule has 1 aromatic heterocycles. The van der Waals surface area contributed by atoms with Crippen LogP contribution in [0.1, 0.15) is 11.4 Å². The second kappa shape index (κ2) is 2.50. The Labute approximate surface area is 82.8 Å². The highest BCUT2D eigenvalue weighted by atomic mass is 15.1. The highest BCUT2D eigenvalue weighted by molar-refractivity contribution is 5.83. The number of nitrogens with one attached hydrogen (secondary N) is 1. The van der Waals surface area contributed by atoms with E-state index in [2.05, 4.69) is 34.0 Å². The van der Waals surface area contributed by atoms with Crippen LogP contribution in [-0.2, 0) is 13.5 Å². The Kier molecular flexibility index (Phi) is 1.40. The van der Waals surface area contributed by atoms with Crippen LogP contribution < -0.4 is 5.32 Å². The highest BCUT2D eigenvalue weighted by Crippen LogP contribution is 2.27. The van der Waals surface area contributed by atoms with E-state index in [1.165, 1.54) is 16.8 Å². The zero-order valence-corrected chi connectivity index (χ0v) is 8.46. The summed E-state index contributed by atoms with van der Waals surface area (Å²) in [5.74, 6) is 1.07. The predicted octanol–water partition coefficient (Wildman–Crippen LogP) is 1.85. The van der Waals surface area contributed by atoms with Crippen LogP contribution in [0.2, 0.25) is 0 Å². The third-order valence-corrected chi connectivity index (χ3v) is 3.04. The van der Waals surface area contributed by atoms with Crippen molar-refractivity contribution in [2.75, 3.05) is 11.9 Å². The maximum absolute atomic E-state index is 4.51. The van der Waals surface area contributed by atoms with E-state index in [1.807, 2.05) is 6.92 Å². The SMILES string of the molecule is Cc1nc2cc3c(cc2n1C)CCN3. The molecule has 1 aromatic carbocycles. The molecule has 0 aliphatic carbocycles. The zero-order valence-electron chi connectivity index (χ0n) is 8.46. The first-order chi connectivity index (χ1) is 6.75. The van der Waals surface area contributed by atoms with Crippen molar-refractivity contribution in [3.05, 3.63) is 23.5 Å². The molecule has 2 heterocycles. The Balaban J connectivity index is 2.38. The molecular formula is C11H13N3. The topological polar surface area (TPSA) is 29.9 Å². The molecule has 3 nitrogen and oxygen atoms in total. The van der Waals surface area contributed by atoms with Gasteiger partial charge in [-0.2, -0.15) is 0 Å². The van der Waals surface area contributed by atoms with Crippen LogP contribution in [0.15, 0.2) is 12.1 Å². The summed E-state index contributed by atoms with van der Waals surface area (Å²) >= 11 is 0. The van der Waals surface area contributed by atoms with E-state index in [1.54, 1.807) is 0 Å². The van der Waals surface area contributed by atoms with Crippen LogP contribution in [0.5, 0.6) is 0 Å². The fourth-order valence-corrected chi connectivity index (χ4v) is 2.11. The van der Waals surface area contributed by atoms with Gasteiger partial charge in [-0.1, -0.05) is 0 Å². The molecule has 72 valence electrons. The third-order valence-electron chi connectivity index (χ3n) is 3.04. The van der Waals surface area contributed by atoms with Crippen molar-refractivity contribution in [1.29, 1.82) is 0 Å². The van der Waals surface area contributed by atoms with Gasteiger partial charge in [-0.05, 0) is 31.0 Å². The molecule has 0 spiro atoms. The number of aromatic nitrogens is 2. The molecule has 1 N–H and O–H groups in total. The summed E-state index contributed by atoms with van der Waals surface area (Å²) < 4.78 is 2.15. The maximum atomic E-state index is 4.51. The average Bonchev–Trinajstić information content (AvgIpc) is 2.70. The number of anilines is 1. The lowest BCUT2D eigenvalue weighted by atomic mass is 10.1. The van der Waals surface area contributed by atoms with Crippen LogP contribution >= 0.6 is 0 Å². The van der Waals surface area contributed by atoms with Crippen LogP contribution in [0, 0.1) is 6.92 Å². The first-order valence-electron chi connectivity index (χ1n) is 4.95. The average molecular weight is 187 g/mol. The van der Waals surface area contributed by atoms with E-state index in [4.69, 9.17) is 0 Å². The van der Waals surface area contributed by atoms with Crippen LogP contribution in [-0.4, -0.2) is 16.1 Å². The van der Waals surface area contributed by atoms with E-state index < -0.39 is 0 Å². The number of nitrogens with zero attached hydrogens (tertiary/aromatic N) is 2. The largest absolute Gasteiger partial charge is 0.384 e. The zero-order chi connectivity index (χ0) is 9.71. The number of hydrogen-bond acceptors (Lipinski definition) is 2. The van der Waals surface area contributed by atoms with Crippen molar-refractivity contribution in [2.24, 2.45) is 7.05 Å². The number of fused-ring (bicyclic) bond motifs is 2. The van der Waals surface area contributed by atoms with E-state index in [0.717, 1.165) is 24.3 Å². The summed E-state index contributed by atoms with van der Waals surface area (Å²) in [4.78, 5) is 4.51. The Bertz CT molecular complexity index is 511. The smallest absolute Gasteiger partial charge is 0.106 e. The lowest BCUT2D eigenvalue weighted by Gasteiger charge is -2.00. The minimum absolute atomic E-state index is 1.06. The molecule has 2 aromatic rings. The molecule has 0 saturated carbocycles. The lowest BCUT2D eigenvalue weighted by molar-refractivity contribution is 0.885. The molecule has 0 bridgehead atoms. The first kappa shape index (κ1) is 7.85. The van der Waals surface area contributed by atoms with Gasteiger partial charge in [-0.15, -0.1) is 0 Å². The number of aryl methyl sites for hydroxylation is 2. The molecule has 3 heteroatoms. The number of hydrogen-bond donors (Lipinski definition) is 1. The van der Waals surface area contributed by atoms with Gasteiger partial charge in [0.2, 0.25) is 0 Å².